The van der Waals surface area contributed by atoms with Crippen LogP contribution in [0.25, 0.3) is 10.4 Å². The van der Waals surface area contributed by atoms with Crippen molar-refractivity contribution in [3.05, 3.63) is 34.5 Å². The molecule has 0 saturated carbocycles. The monoisotopic (exact) mass is 262 g/mol. The van der Waals surface area contributed by atoms with E-state index in [2.05, 4.69) is 24.0 Å². The molecule has 0 fully saturated rings. The van der Waals surface area contributed by atoms with Crippen molar-refractivity contribution >= 4 is 11.3 Å². The predicted molar refractivity (Wildman–Crippen MR) is 76.3 cm³/mol. The van der Waals surface area contributed by atoms with Gasteiger partial charge in [0.1, 0.15) is 5.75 Å². The van der Waals surface area contributed by atoms with Gasteiger partial charge in [0, 0.05) is 12.0 Å². The third kappa shape index (κ3) is 2.54. The Kier molecular flexibility index (Phi) is 3.99. The summed E-state index contributed by atoms with van der Waals surface area (Å²) in [6.07, 6.45) is 0.802. The second-order valence-electron chi connectivity index (χ2n) is 4.25. The Morgan fingerprint density at radius 3 is 2.78 bits per heavy atom. The van der Waals surface area contributed by atoms with E-state index < -0.39 is 0 Å². The fraction of sp³-hybridized carbons (Fsp3) is 0.357. The summed E-state index contributed by atoms with van der Waals surface area (Å²) in [5, 5.41) is 1.07. The number of hydrogen-bond acceptors (Lipinski definition) is 4. The number of nitrogens with two attached hydrogens (primary N) is 1. The molecule has 2 N–H and O–H groups in total. The second-order valence-corrected chi connectivity index (χ2v) is 5.45. The first-order chi connectivity index (χ1) is 8.65. The summed E-state index contributed by atoms with van der Waals surface area (Å²) in [4.78, 5) is 5.74. The van der Waals surface area contributed by atoms with E-state index in [1.807, 2.05) is 13.0 Å². The molecule has 0 saturated heterocycles. The maximum Gasteiger partial charge on any atom is 0.127 e. The van der Waals surface area contributed by atoms with Crippen molar-refractivity contribution in [3.63, 3.8) is 0 Å². The van der Waals surface area contributed by atoms with Gasteiger partial charge in [-0.3, -0.25) is 0 Å². The van der Waals surface area contributed by atoms with Crippen LogP contribution in [0.15, 0.2) is 18.2 Å². The van der Waals surface area contributed by atoms with Crippen LogP contribution in [-0.2, 0) is 6.42 Å². The Bertz CT molecular complexity index is 549. The standard InChI is InChI=1S/C14H18N2OS/c1-9-4-5-13(17-3)11(8-9)14-12(6-7-15)16-10(2)18-14/h4-5,8H,6-7,15H2,1-3H3. The van der Waals surface area contributed by atoms with Gasteiger partial charge in [-0.05, 0) is 32.5 Å². The molecule has 0 bridgehead atoms. The second kappa shape index (κ2) is 5.50. The maximum atomic E-state index is 5.65. The number of thiazole rings is 1. The van der Waals surface area contributed by atoms with Crippen molar-refractivity contribution in [2.45, 2.75) is 20.3 Å². The third-order valence-electron chi connectivity index (χ3n) is 2.79. The smallest absolute Gasteiger partial charge is 0.127 e. The average molecular weight is 262 g/mol. The van der Waals surface area contributed by atoms with Crippen LogP contribution in [0.2, 0.25) is 0 Å². The van der Waals surface area contributed by atoms with Gasteiger partial charge in [-0.1, -0.05) is 11.6 Å². The summed E-state index contributed by atoms with van der Waals surface area (Å²) in [5.41, 5.74) is 9.06. The lowest BCUT2D eigenvalue weighted by Crippen LogP contribution is -2.04. The minimum Gasteiger partial charge on any atom is -0.496 e. The van der Waals surface area contributed by atoms with E-state index >= 15 is 0 Å². The van der Waals surface area contributed by atoms with Gasteiger partial charge < -0.3 is 10.5 Å². The highest BCUT2D eigenvalue weighted by Gasteiger charge is 2.14. The Labute approximate surface area is 112 Å². The molecule has 96 valence electrons. The van der Waals surface area contributed by atoms with E-state index in [1.165, 1.54) is 10.4 Å². The maximum absolute atomic E-state index is 5.65. The van der Waals surface area contributed by atoms with E-state index in [0.717, 1.165) is 28.4 Å². The first kappa shape index (κ1) is 13.1. The molecular weight excluding hydrogens is 244 g/mol. The van der Waals surface area contributed by atoms with Gasteiger partial charge in [0.05, 0.1) is 22.7 Å². The number of aromatic nitrogens is 1. The van der Waals surface area contributed by atoms with Gasteiger partial charge in [-0.2, -0.15) is 0 Å². The first-order valence-electron chi connectivity index (χ1n) is 5.97. The van der Waals surface area contributed by atoms with E-state index in [0.29, 0.717) is 6.54 Å². The van der Waals surface area contributed by atoms with Crippen LogP contribution in [0.5, 0.6) is 5.75 Å². The summed E-state index contributed by atoms with van der Waals surface area (Å²) >= 11 is 1.70. The van der Waals surface area contributed by atoms with Crippen LogP contribution in [0.3, 0.4) is 0 Å². The lowest BCUT2D eigenvalue weighted by atomic mass is 10.1. The molecule has 1 aromatic carbocycles. The first-order valence-corrected chi connectivity index (χ1v) is 6.78. The number of methoxy groups -OCH3 is 1. The molecule has 0 aliphatic heterocycles. The van der Waals surface area contributed by atoms with Crippen molar-refractivity contribution in [1.29, 1.82) is 0 Å². The van der Waals surface area contributed by atoms with Gasteiger partial charge in [-0.15, -0.1) is 11.3 Å². The molecule has 0 aliphatic rings. The van der Waals surface area contributed by atoms with Gasteiger partial charge in [0.15, 0.2) is 0 Å². The van der Waals surface area contributed by atoms with Crippen molar-refractivity contribution in [1.82, 2.24) is 4.98 Å². The number of aryl methyl sites for hydroxylation is 2. The largest absolute Gasteiger partial charge is 0.496 e. The zero-order chi connectivity index (χ0) is 13.1. The molecular formula is C14H18N2OS. The number of nitrogens with zero attached hydrogens (tertiary/aromatic N) is 1. The minimum absolute atomic E-state index is 0.615. The quantitative estimate of drug-likeness (QED) is 0.921. The van der Waals surface area contributed by atoms with E-state index in [1.54, 1.807) is 18.4 Å². The summed E-state index contributed by atoms with van der Waals surface area (Å²) in [6.45, 7) is 4.72. The van der Waals surface area contributed by atoms with E-state index in [4.69, 9.17) is 10.5 Å². The Balaban J connectivity index is 2.56. The Morgan fingerprint density at radius 2 is 2.11 bits per heavy atom. The summed E-state index contributed by atoms with van der Waals surface area (Å²) in [5.74, 6) is 0.891. The topological polar surface area (TPSA) is 48.1 Å². The molecule has 1 heterocycles. The Morgan fingerprint density at radius 1 is 1.33 bits per heavy atom. The molecule has 1 aromatic heterocycles. The highest BCUT2D eigenvalue weighted by Crippen LogP contribution is 2.37. The highest BCUT2D eigenvalue weighted by atomic mass is 32.1. The van der Waals surface area contributed by atoms with Gasteiger partial charge in [-0.25, -0.2) is 4.98 Å². The molecule has 4 heteroatoms. The Hall–Kier alpha value is -1.39. The highest BCUT2D eigenvalue weighted by molar-refractivity contribution is 7.15. The molecule has 3 nitrogen and oxygen atoms in total. The number of hydrogen-bond donors (Lipinski definition) is 1. The summed E-state index contributed by atoms with van der Waals surface area (Å²) in [7, 11) is 1.70. The van der Waals surface area contributed by atoms with Crippen LogP contribution in [0.4, 0.5) is 0 Å². The molecule has 0 spiro atoms. The van der Waals surface area contributed by atoms with Gasteiger partial charge in [0.2, 0.25) is 0 Å². The van der Waals surface area contributed by atoms with E-state index in [-0.39, 0.29) is 0 Å². The van der Waals surface area contributed by atoms with Crippen molar-refractivity contribution in [2.24, 2.45) is 5.73 Å². The fourth-order valence-corrected chi connectivity index (χ4v) is 2.97. The molecule has 0 atom stereocenters. The van der Waals surface area contributed by atoms with Gasteiger partial charge in [0.25, 0.3) is 0 Å². The zero-order valence-electron chi connectivity index (χ0n) is 11.0. The lowest BCUT2D eigenvalue weighted by molar-refractivity contribution is 0.416. The number of ether oxygens (including phenoxy) is 1. The molecule has 0 radical (unpaired) electrons. The molecule has 2 aromatic rings. The van der Waals surface area contributed by atoms with Crippen LogP contribution in [0.1, 0.15) is 16.3 Å². The molecule has 0 unspecified atom stereocenters. The molecule has 0 amide bonds. The average Bonchev–Trinajstić information content (AvgIpc) is 2.71. The summed E-state index contributed by atoms with van der Waals surface area (Å²) in [6, 6.07) is 6.20. The zero-order valence-corrected chi connectivity index (χ0v) is 11.8. The number of benzene rings is 1. The predicted octanol–water partition coefficient (Wildman–Crippen LogP) is 2.94. The van der Waals surface area contributed by atoms with Gasteiger partial charge >= 0.3 is 0 Å². The lowest BCUT2D eigenvalue weighted by Gasteiger charge is -2.09. The molecule has 18 heavy (non-hydrogen) atoms. The fourth-order valence-electron chi connectivity index (χ4n) is 1.99. The SMILES string of the molecule is COc1ccc(C)cc1-c1sc(C)nc1CCN. The summed E-state index contributed by atoms with van der Waals surface area (Å²) < 4.78 is 5.44. The van der Waals surface area contributed by atoms with Crippen molar-refractivity contribution in [3.8, 4) is 16.2 Å². The van der Waals surface area contributed by atoms with Crippen molar-refractivity contribution < 1.29 is 4.74 Å². The van der Waals surface area contributed by atoms with Crippen LogP contribution in [0, 0.1) is 13.8 Å². The normalized spacial score (nSPS) is 10.7. The van der Waals surface area contributed by atoms with Crippen LogP contribution < -0.4 is 10.5 Å². The molecule has 2 rings (SSSR count). The minimum atomic E-state index is 0.615. The van der Waals surface area contributed by atoms with Crippen LogP contribution >= 0.6 is 11.3 Å². The molecule has 0 aliphatic carbocycles. The third-order valence-corrected chi connectivity index (χ3v) is 3.83. The number of rotatable bonds is 4. The van der Waals surface area contributed by atoms with E-state index in [9.17, 15) is 0 Å². The van der Waals surface area contributed by atoms with Crippen LogP contribution in [-0.4, -0.2) is 18.6 Å². The van der Waals surface area contributed by atoms with Crippen molar-refractivity contribution in [2.75, 3.05) is 13.7 Å².